The van der Waals surface area contributed by atoms with Crippen LogP contribution in [0, 0.1) is 11.8 Å². The Morgan fingerprint density at radius 3 is 2.75 bits per heavy atom. The predicted octanol–water partition coefficient (Wildman–Crippen LogP) is 4.29. The minimum absolute atomic E-state index is 0.00395. The second-order valence-electron chi connectivity index (χ2n) is 6.83. The number of hydrogen-bond donors (Lipinski definition) is 1. The van der Waals surface area contributed by atoms with Crippen molar-refractivity contribution in [2.75, 3.05) is 12.3 Å². The van der Waals surface area contributed by atoms with Gasteiger partial charge in [-0.05, 0) is 74.3 Å². The third-order valence-electron chi connectivity index (χ3n) is 5.38. The molecule has 0 bridgehead atoms. The van der Waals surface area contributed by atoms with Crippen LogP contribution in [0.1, 0.15) is 51.0 Å². The maximum absolute atomic E-state index is 12.0. The average molecular weight is 326 g/mol. The van der Waals surface area contributed by atoms with Crippen molar-refractivity contribution >= 4 is 22.6 Å². The van der Waals surface area contributed by atoms with Gasteiger partial charge in [0, 0.05) is 17.3 Å². The van der Waals surface area contributed by atoms with Gasteiger partial charge in [-0.15, -0.1) is 0 Å². The van der Waals surface area contributed by atoms with E-state index in [1.165, 1.54) is 10.9 Å². The molecule has 0 amide bonds. The van der Waals surface area contributed by atoms with Gasteiger partial charge < -0.3 is 10.5 Å². The fourth-order valence-corrected chi connectivity index (χ4v) is 3.94. The lowest BCUT2D eigenvalue weighted by Crippen LogP contribution is -2.26. The number of benzene rings is 1. The van der Waals surface area contributed by atoms with Crippen LogP contribution < -0.4 is 5.73 Å². The van der Waals surface area contributed by atoms with Crippen LogP contribution in [0.4, 0.5) is 5.69 Å². The summed E-state index contributed by atoms with van der Waals surface area (Å²) in [5, 5.41) is 1.17. The van der Waals surface area contributed by atoms with Gasteiger partial charge in [0.25, 0.3) is 0 Å². The van der Waals surface area contributed by atoms with Gasteiger partial charge in [-0.2, -0.15) is 0 Å². The Morgan fingerprint density at radius 1 is 1.29 bits per heavy atom. The highest BCUT2D eigenvalue weighted by Gasteiger charge is 2.30. The maximum Gasteiger partial charge on any atom is 0.308 e. The number of nitrogen functional groups attached to an aromatic ring is 1. The Hall–Kier alpha value is -2.10. The molecule has 3 rings (SSSR count). The van der Waals surface area contributed by atoms with E-state index in [-0.39, 0.29) is 11.9 Å². The van der Waals surface area contributed by atoms with E-state index in [1.54, 1.807) is 0 Å². The van der Waals surface area contributed by atoms with E-state index in [0.29, 0.717) is 18.4 Å². The molecular weight excluding hydrogens is 300 g/mol. The zero-order chi connectivity index (χ0) is 17.1. The lowest BCUT2D eigenvalue weighted by Gasteiger charge is -2.32. The van der Waals surface area contributed by atoms with Gasteiger partial charge >= 0.3 is 5.97 Å². The Morgan fingerprint density at radius 2 is 2.04 bits per heavy atom. The first-order chi connectivity index (χ1) is 11.6. The quantitative estimate of drug-likeness (QED) is 0.672. The van der Waals surface area contributed by atoms with Crippen LogP contribution in [0.15, 0.2) is 30.5 Å². The fraction of sp³-hybridized carbons (Fsp3) is 0.500. The number of anilines is 1. The van der Waals surface area contributed by atoms with E-state index in [2.05, 4.69) is 11.1 Å². The molecule has 4 heteroatoms. The molecule has 0 saturated heterocycles. The molecule has 1 aliphatic carbocycles. The van der Waals surface area contributed by atoms with Crippen molar-refractivity contribution in [1.82, 2.24) is 4.98 Å². The molecule has 4 nitrogen and oxygen atoms in total. The van der Waals surface area contributed by atoms with Crippen LogP contribution in [0.3, 0.4) is 0 Å². The normalized spacial score (nSPS) is 22.2. The van der Waals surface area contributed by atoms with Gasteiger partial charge in [0.05, 0.1) is 18.0 Å². The third-order valence-corrected chi connectivity index (χ3v) is 5.38. The summed E-state index contributed by atoms with van der Waals surface area (Å²) in [7, 11) is 0. The number of hydrogen-bond acceptors (Lipinski definition) is 4. The van der Waals surface area contributed by atoms with Gasteiger partial charge in [-0.1, -0.05) is 6.92 Å². The monoisotopic (exact) mass is 326 g/mol. The summed E-state index contributed by atoms with van der Waals surface area (Å²) < 4.78 is 5.18. The SMILES string of the molecule is CCOC(=O)C(C)C1CCC(c2ccnc3ccc(N)cc23)CC1. The highest BCUT2D eigenvalue weighted by molar-refractivity contribution is 5.85. The Kier molecular flexibility index (Phi) is 5.03. The largest absolute Gasteiger partial charge is 0.466 e. The van der Waals surface area contributed by atoms with Gasteiger partial charge in [0.15, 0.2) is 0 Å². The Balaban J connectivity index is 1.73. The van der Waals surface area contributed by atoms with Gasteiger partial charge in [0.2, 0.25) is 0 Å². The predicted molar refractivity (Wildman–Crippen MR) is 96.7 cm³/mol. The van der Waals surface area contributed by atoms with E-state index in [9.17, 15) is 4.79 Å². The molecule has 1 saturated carbocycles. The molecule has 1 aliphatic rings. The van der Waals surface area contributed by atoms with E-state index >= 15 is 0 Å². The summed E-state index contributed by atoms with van der Waals surface area (Å²) in [5.41, 5.74) is 9.09. The third kappa shape index (κ3) is 3.37. The average Bonchev–Trinajstić information content (AvgIpc) is 2.61. The molecule has 1 heterocycles. The molecule has 0 aliphatic heterocycles. The lowest BCUT2D eigenvalue weighted by atomic mass is 9.74. The molecule has 2 aromatic rings. The molecule has 2 N–H and O–H groups in total. The topological polar surface area (TPSA) is 65.2 Å². The number of carbonyl (C=O) groups excluding carboxylic acids is 1. The van der Waals surface area contributed by atoms with Crippen LogP contribution in [-0.4, -0.2) is 17.6 Å². The van der Waals surface area contributed by atoms with Crippen LogP contribution in [0.5, 0.6) is 0 Å². The van der Waals surface area contributed by atoms with E-state index in [1.807, 2.05) is 38.2 Å². The Bertz CT molecular complexity index is 721. The van der Waals surface area contributed by atoms with Crippen molar-refractivity contribution in [2.45, 2.75) is 45.4 Å². The van der Waals surface area contributed by atoms with Crippen molar-refractivity contribution in [3.05, 3.63) is 36.0 Å². The zero-order valence-corrected chi connectivity index (χ0v) is 14.5. The molecular formula is C20H26N2O2. The minimum Gasteiger partial charge on any atom is -0.466 e. The number of fused-ring (bicyclic) bond motifs is 1. The first kappa shape index (κ1) is 16.7. The van der Waals surface area contributed by atoms with Crippen LogP contribution in [0.25, 0.3) is 10.9 Å². The number of esters is 1. The number of nitrogens with zero attached hydrogens (tertiary/aromatic N) is 1. The summed E-state index contributed by atoms with van der Waals surface area (Å²) in [6, 6.07) is 8.05. The number of rotatable bonds is 4. The zero-order valence-electron chi connectivity index (χ0n) is 14.5. The molecule has 1 aromatic carbocycles. The van der Waals surface area contributed by atoms with E-state index in [0.717, 1.165) is 36.9 Å². The molecule has 1 atom stereocenters. The number of pyridine rings is 1. The number of aromatic nitrogens is 1. The van der Waals surface area contributed by atoms with Crippen LogP contribution >= 0.6 is 0 Å². The molecule has 1 fully saturated rings. The fourth-order valence-electron chi connectivity index (χ4n) is 3.94. The summed E-state index contributed by atoms with van der Waals surface area (Å²) in [4.78, 5) is 16.4. The van der Waals surface area contributed by atoms with Crippen molar-refractivity contribution in [3.8, 4) is 0 Å². The summed E-state index contributed by atoms with van der Waals surface area (Å²) in [6.07, 6.45) is 6.22. The number of nitrogens with two attached hydrogens (primary N) is 1. The van der Waals surface area contributed by atoms with Crippen molar-refractivity contribution < 1.29 is 9.53 Å². The first-order valence-corrected chi connectivity index (χ1v) is 8.91. The van der Waals surface area contributed by atoms with E-state index in [4.69, 9.17) is 10.5 Å². The molecule has 1 aromatic heterocycles. The Labute approximate surface area is 143 Å². The minimum atomic E-state index is -0.0527. The van der Waals surface area contributed by atoms with Crippen molar-refractivity contribution in [2.24, 2.45) is 11.8 Å². The molecule has 24 heavy (non-hydrogen) atoms. The number of ether oxygens (including phenoxy) is 1. The van der Waals surface area contributed by atoms with Gasteiger partial charge in [-0.25, -0.2) is 0 Å². The smallest absolute Gasteiger partial charge is 0.308 e. The van der Waals surface area contributed by atoms with E-state index < -0.39 is 0 Å². The van der Waals surface area contributed by atoms with Gasteiger partial charge in [-0.3, -0.25) is 9.78 Å². The maximum atomic E-state index is 12.0. The molecule has 1 unspecified atom stereocenters. The lowest BCUT2D eigenvalue weighted by molar-refractivity contribution is -0.149. The van der Waals surface area contributed by atoms with Crippen molar-refractivity contribution in [1.29, 1.82) is 0 Å². The van der Waals surface area contributed by atoms with Crippen molar-refractivity contribution in [3.63, 3.8) is 0 Å². The molecule has 0 radical (unpaired) electrons. The molecule has 0 spiro atoms. The standard InChI is InChI=1S/C20H26N2O2/c1-3-24-20(23)13(2)14-4-6-15(7-5-14)17-10-11-22-19-9-8-16(21)12-18(17)19/h8-15H,3-7,21H2,1-2H3. The van der Waals surface area contributed by atoms with Crippen LogP contribution in [-0.2, 0) is 9.53 Å². The summed E-state index contributed by atoms with van der Waals surface area (Å²) in [6.45, 7) is 4.33. The van der Waals surface area contributed by atoms with Crippen LogP contribution in [0.2, 0.25) is 0 Å². The summed E-state index contributed by atoms with van der Waals surface area (Å²) in [5.74, 6) is 0.889. The molecule has 128 valence electrons. The number of carbonyl (C=O) groups is 1. The van der Waals surface area contributed by atoms with Gasteiger partial charge in [0.1, 0.15) is 0 Å². The summed E-state index contributed by atoms with van der Waals surface area (Å²) >= 11 is 0. The highest BCUT2D eigenvalue weighted by Crippen LogP contribution is 2.41. The second kappa shape index (κ2) is 7.20. The highest BCUT2D eigenvalue weighted by atomic mass is 16.5. The first-order valence-electron chi connectivity index (χ1n) is 8.91. The second-order valence-corrected chi connectivity index (χ2v) is 6.83.